The molecule has 5 aliphatic heterocycles. The molecule has 1 saturated carbocycles. The smallest absolute Gasteiger partial charge is 0.319 e. The SMILES string of the molecule is COCOc1cc(-c2ncc3c(N4CC5CCC(C5)C4)nc(OC[C@@H]4CCCN4CCCCCN4CCN(c5ccc6c(c5)CN([C@H]5CCC(=O)NC5=O)C6=O)CC4)nc3c2F)c2c(C#C[Si](C(C)C)(C(C)C)C(C)C)cccc2c1. The molecule has 7 heterocycles. The Hall–Kier alpha value is -6.19. The van der Waals surface area contributed by atoms with Crippen LogP contribution in [0.2, 0.25) is 16.6 Å². The van der Waals surface area contributed by atoms with Crippen LogP contribution in [0, 0.1) is 29.1 Å². The van der Waals surface area contributed by atoms with Crippen molar-refractivity contribution in [3.05, 3.63) is 77.2 Å². The fourth-order valence-corrected chi connectivity index (χ4v) is 20.0. The van der Waals surface area contributed by atoms with E-state index in [0.29, 0.717) is 76.1 Å². The molecule has 2 unspecified atom stereocenters. The summed E-state index contributed by atoms with van der Waals surface area (Å²) in [6, 6.07) is 15.8. The van der Waals surface area contributed by atoms with Crippen molar-refractivity contribution in [2.24, 2.45) is 11.8 Å². The summed E-state index contributed by atoms with van der Waals surface area (Å²) in [7, 11) is -0.527. The van der Waals surface area contributed by atoms with Gasteiger partial charge in [0.1, 0.15) is 43.5 Å². The van der Waals surface area contributed by atoms with Crippen LogP contribution in [-0.2, 0) is 20.9 Å². The summed E-state index contributed by atoms with van der Waals surface area (Å²) < 4.78 is 36.0. The molecule has 0 spiro atoms. The monoisotopic (exact) mass is 1120 g/mol. The Morgan fingerprint density at radius 1 is 0.815 bits per heavy atom. The second-order valence-corrected chi connectivity index (χ2v) is 30.4. The molecule has 3 amide bonds. The van der Waals surface area contributed by atoms with Gasteiger partial charge in [0.15, 0.2) is 12.6 Å². The Morgan fingerprint density at radius 3 is 2.32 bits per heavy atom. The first-order chi connectivity index (χ1) is 39.2. The number of likely N-dealkylation sites (tertiary alicyclic amines) is 1. The number of pyridine rings is 1. The molecule has 5 fully saturated rings. The van der Waals surface area contributed by atoms with Crippen molar-refractivity contribution in [1.29, 1.82) is 0 Å². The number of piperazine rings is 1. The number of imide groups is 1. The van der Waals surface area contributed by atoms with Gasteiger partial charge in [-0.3, -0.25) is 34.5 Å². The Labute approximate surface area is 478 Å². The van der Waals surface area contributed by atoms with Crippen molar-refractivity contribution in [2.45, 2.75) is 141 Å². The van der Waals surface area contributed by atoms with Gasteiger partial charge in [-0.1, -0.05) is 66.0 Å². The topological polar surface area (TPSA) is 146 Å². The molecular formula is C64H82FN9O6Si. The molecule has 1 N–H and O–H groups in total. The third-order valence-corrected chi connectivity index (χ3v) is 25.2. The van der Waals surface area contributed by atoms with Crippen LogP contribution in [0.5, 0.6) is 11.8 Å². The second kappa shape index (κ2) is 24.3. The first kappa shape index (κ1) is 56.7. The van der Waals surface area contributed by atoms with E-state index < -0.39 is 19.9 Å². The van der Waals surface area contributed by atoms with Crippen LogP contribution in [0.1, 0.15) is 127 Å². The van der Waals surface area contributed by atoms with Gasteiger partial charge in [0.2, 0.25) is 11.8 Å². The Bertz CT molecular complexity index is 3190. The zero-order valence-corrected chi connectivity index (χ0v) is 49.7. The number of carbonyl (C=O) groups excluding carboxylic acids is 3. The summed E-state index contributed by atoms with van der Waals surface area (Å²) in [5, 5.41) is 4.69. The van der Waals surface area contributed by atoms with Crippen molar-refractivity contribution in [3.63, 3.8) is 0 Å². The third-order valence-electron chi connectivity index (χ3n) is 18.9. The van der Waals surface area contributed by atoms with Crippen LogP contribution < -0.4 is 24.6 Å². The van der Waals surface area contributed by atoms with E-state index in [4.69, 9.17) is 29.2 Å². The molecule has 3 aromatic carbocycles. The number of nitrogens with zero attached hydrogens (tertiary/aromatic N) is 8. The number of rotatable bonds is 19. The van der Waals surface area contributed by atoms with Crippen LogP contribution in [-0.4, -0.2) is 147 Å². The van der Waals surface area contributed by atoms with Crippen molar-refractivity contribution in [1.82, 2.24) is 35.0 Å². The fraction of sp³-hybridized carbons (Fsp3) is 0.562. The van der Waals surface area contributed by atoms with Gasteiger partial charge in [-0.2, -0.15) is 9.97 Å². The summed E-state index contributed by atoms with van der Waals surface area (Å²) in [5.41, 5.74) is 9.78. The van der Waals surface area contributed by atoms with Gasteiger partial charge in [-0.25, -0.2) is 4.39 Å². The maximum absolute atomic E-state index is 18.0. The van der Waals surface area contributed by atoms with E-state index in [-0.39, 0.29) is 54.2 Å². The summed E-state index contributed by atoms with van der Waals surface area (Å²) in [6.07, 6.45) is 11.5. The highest BCUT2D eigenvalue weighted by Gasteiger charge is 2.43. The number of anilines is 2. The molecule has 2 bridgehead atoms. The molecule has 15 nitrogen and oxygen atoms in total. The Balaban J connectivity index is 0.761. The lowest BCUT2D eigenvalue weighted by Gasteiger charge is -2.38. The van der Waals surface area contributed by atoms with E-state index in [1.165, 1.54) is 19.3 Å². The zero-order chi connectivity index (χ0) is 56.5. The minimum atomic E-state index is -2.11. The molecular weight excluding hydrogens is 1040 g/mol. The Morgan fingerprint density at radius 2 is 1.58 bits per heavy atom. The number of ether oxygens (including phenoxy) is 3. The van der Waals surface area contributed by atoms with Gasteiger partial charge in [-0.05, 0) is 147 Å². The van der Waals surface area contributed by atoms with Gasteiger partial charge in [0, 0.05) is 99.3 Å². The normalized spacial score (nSPS) is 21.7. The number of methoxy groups -OCH3 is 1. The van der Waals surface area contributed by atoms with Gasteiger partial charge in [0.25, 0.3) is 5.91 Å². The number of hydrogen-bond acceptors (Lipinski definition) is 13. The van der Waals surface area contributed by atoms with Gasteiger partial charge in [-0.15, -0.1) is 5.54 Å². The minimum Gasteiger partial charge on any atom is -0.468 e. The fourth-order valence-electron chi connectivity index (χ4n) is 14.8. The second-order valence-electron chi connectivity index (χ2n) is 24.8. The van der Waals surface area contributed by atoms with Gasteiger partial charge >= 0.3 is 6.01 Å². The summed E-state index contributed by atoms with van der Waals surface area (Å²) in [5.74, 6) is 4.77. The quantitative estimate of drug-likeness (QED) is 0.0275. The first-order valence-corrected chi connectivity index (χ1v) is 32.4. The van der Waals surface area contributed by atoms with E-state index >= 15 is 4.39 Å². The number of carbonyl (C=O) groups is 3. The van der Waals surface area contributed by atoms with Crippen molar-refractivity contribution >= 4 is 59.0 Å². The summed E-state index contributed by atoms with van der Waals surface area (Å²) in [6.45, 7) is 23.4. The third kappa shape index (κ3) is 11.6. The van der Waals surface area contributed by atoms with E-state index in [1.807, 2.05) is 42.5 Å². The number of benzene rings is 3. The number of hydrogen-bond donors (Lipinski definition) is 1. The van der Waals surface area contributed by atoms with Crippen LogP contribution in [0.25, 0.3) is 32.9 Å². The largest absolute Gasteiger partial charge is 0.468 e. The molecule has 6 aliphatic rings. The molecule has 2 aromatic heterocycles. The van der Waals surface area contributed by atoms with Gasteiger partial charge in [0.05, 0.1) is 5.39 Å². The maximum atomic E-state index is 18.0. The highest BCUT2D eigenvalue weighted by atomic mass is 28.3. The molecule has 4 atom stereocenters. The average molecular weight is 1120 g/mol. The standard InChI is InChI=1S/C64H82FN9O6Si/c1-41(2)81(42(3)4,43(5)6)30-22-46-13-11-14-47-33-51(80-40-78-7)34-53(57(46)47)59-58(65)60-54(35-66-59)61(73-36-44-16-17-45(31-44)37-73)69-64(68-60)79-39-50-15-12-25-71(50)24-10-8-9-23-70-26-28-72(29-27-70)49-18-19-52-48(32-49)38-74(63(52)77)55-20-21-56(75)67-62(55)76/h11,13-14,18-19,32-35,41-45,50,55H,8-10,12,15-17,20-21,23-29,31,36-40H2,1-7H3,(H,67,75,76)/t44?,45?,50-,55-/m0/s1. The van der Waals surface area contributed by atoms with Crippen LogP contribution in [0.3, 0.4) is 0 Å². The summed E-state index contributed by atoms with van der Waals surface area (Å²) >= 11 is 0. The molecule has 430 valence electrons. The molecule has 11 rings (SSSR count). The predicted molar refractivity (Wildman–Crippen MR) is 319 cm³/mol. The molecule has 4 saturated heterocycles. The van der Waals surface area contributed by atoms with E-state index in [1.54, 1.807) is 18.2 Å². The van der Waals surface area contributed by atoms with Crippen LogP contribution in [0.4, 0.5) is 15.9 Å². The molecule has 1 aliphatic carbocycles. The molecule has 81 heavy (non-hydrogen) atoms. The lowest BCUT2D eigenvalue weighted by atomic mass is 9.96. The Kier molecular flexibility index (Phi) is 17.0. The summed E-state index contributed by atoms with van der Waals surface area (Å²) in [4.78, 5) is 64.0. The van der Waals surface area contributed by atoms with Crippen molar-refractivity contribution in [2.75, 3.05) is 89.2 Å². The van der Waals surface area contributed by atoms with Crippen LogP contribution >= 0.6 is 0 Å². The number of nitrogens with one attached hydrogen (secondary N) is 1. The number of unbranched alkanes of at least 4 members (excludes halogenated alkanes) is 2. The highest BCUT2D eigenvalue weighted by molar-refractivity contribution is 6.90. The maximum Gasteiger partial charge on any atom is 0.319 e. The minimum absolute atomic E-state index is 0.0417. The van der Waals surface area contributed by atoms with Crippen LogP contribution in [0.15, 0.2) is 54.7 Å². The number of aromatic nitrogens is 3. The predicted octanol–water partition coefficient (Wildman–Crippen LogP) is 10.4. The molecule has 0 radical (unpaired) electrons. The zero-order valence-electron chi connectivity index (χ0n) is 48.7. The van der Waals surface area contributed by atoms with E-state index in [9.17, 15) is 14.4 Å². The number of amides is 3. The lowest BCUT2D eigenvalue weighted by molar-refractivity contribution is -0.136. The lowest BCUT2D eigenvalue weighted by Crippen LogP contribution is -2.52. The average Bonchev–Trinajstić information content (AvgIpc) is 4.27. The first-order valence-electron chi connectivity index (χ1n) is 30.1. The van der Waals surface area contributed by atoms with Gasteiger partial charge < -0.3 is 28.9 Å². The van der Waals surface area contributed by atoms with Crippen molar-refractivity contribution < 1.29 is 33.0 Å². The van der Waals surface area contributed by atoms with Crippen molar-refractivity contribution in [3.8, 4) is 34.5 Å². The highest BCUT2D eigenvalue weighted by Crippen LogP contribution is 2.44. The van der Waals surface area contributed by atoms with E-state index in [0.717, 1.165) is 119 Å². The number of fused-ring (bicyclic) bond motifs is 5. The number of piperidine rings is 2. The molecule has 17 heteroatoms. The molecule has 5 aromatic rings. The van der Waals surface area contributed by atoms with E-state index in [2.05, 4.69) is 84.0 Å². The number of halogens is 1.